The fourth-order valence-electron chi connectivity index (χ4n) is 4.29. The second-order valence-corrected chi connectivity index (χ2v) is 10.1. The highest BCUT2D eigenvalue weighted by Crippen LogP contribution is 2.28. The van der Waals surface area contributed by atoms with Crippen LogP contribution in [0.4, 0.5) is 5.69 Å². The van der Waals surface area contributed by atoms with Crippen molar-refractivity contribution in [1.82, 2.24) is 9.21 Å². The topological polar surface area (TPSA) is 114 Å². The second-order valence-electron chi connectivity index (χ2n) is 8.17. The van der Waals surface area contributed by atoms with Crippen molar-refractivity contribution >= 4 is 33.5 Å². The number of amides is 2. The Bertz CT molecular complexity index is 1200. The highest BCUT2D eigenvalue weighted by atomic mass is 32.2. The maximum atomic E-state index is 13.1. The molecule has 2 aliphatic rings. The molecule has 2 saturated heterocycles. The van der Waals surface area contributed by atoms with Gasteiger partial charge in [-0.1, -0.05) is 0 Å². The van der Waals surface area contributed by atoms with Crippen LogP contribution >= 0.6 is 0 Å². The van der Waals surface area contributed by atoms with Gasteiger partial charge in [0.25, 0.3) is 5.91 Å². The third kappa shape index (κ3) is 4.93. The van der Waals surface area contributed by atoms with Gasteiger partial charge in [-0.3, -0.25) is 14.5 Å². The molecule has 0 aliphatic carbocycles. The van der Waals surface area contributed by atoms with Crippen LogP contribution in [-0.4, -0.2) is 81.3 Å². The molecule has 35 heavy (non-hydrogen) atoms. The number of methoxy groups -OCH3 is 1. The molecule has 0 aromatic heterocycles. The third-order valence-corrected chi connectivity index (χ3v) is 8.08. The molecular weight excluding hydrogens is 474 g/mol. The summed E-state index contributed by atoms with van der Waals surface area (Å²) >= 11 is 0. The molecular formula is C24H27N3O7S. The summed E-state index contributed by atoms with van der Waals surface area (Å²) in [7, 11) is -2.23. The van der Waals surface area contributed by atoms with E-state index in [0.717, 1.165) is 0 Å². The molecule has 0 unspecified atom stereocenters. The van der Waals surface area contributed by atoms with Crippen LogP contribution in [0.25, 0.3) is 0 Å². The van der Waals surface area contributed by atoms with Crippen LogP contribution in [0.5, 0.6) is 5.75 Å². The fourth-order valence-corrected chi connectivity index (χ4v) is 5.71. The quantitative estimate of drug-likeness (QED) is 0.414. The molecule has 11 heteroatoms. The Morgan fingerprint density at radius 2 is 1.60 bits per heavy atom. The van der Waals surface area contributed by atoms with Crippen molar-refractivity contribution < 1.29 is 32.3 Å². The number of esters is 1. The van der Waals surface area contributed by atoms with Crippen molar-refractivity contribution in [3.05, 3.63) is 54.1 Å². The van der Waals surface area contributed by atoms with Gasteiger partial charge in [0.2, 0.25) is 15.9 Å². The summed E-state index contributed by atoms with van der Waals surface area (Å²) in [6.07, 6.45) is 0.0485. The van der Waals surface area contributed by atoms with E-state index in [1.807, 2.05) is 4.90 Å². The lowest BCUT2D eigenvalue weighted by Crippen LogP contribution is -2.53. The van der Waals surface area contributed by atoms with Crippen LogP contribution in [0.2, 0.25) is 0 Å². The van der Waals surface area contributed by atoms with Crippen molar-refractivity contribution in [3.8, 4) is 5.75 Å². The number of carbonyl (C=O) groups is 3. The lowest BCUT2D eigenvalue weighted by Gasteiger charge is -2.36. The van der Waals surface area contributed by atoms with E-state index < -0.39 is 22.0 Å². The minimum Gasteiger partial charge on any atom is -0.497 e. The summed E-state index contributed by atoms with van der Waals surface area (Å²) in [5.41, 5.74) is 0.761. The Balaban J connectivity index is 1.40. The minimum absolute atomic E-state index is 0.0485. The largest absolute Gasteiger partial charge is 0.497 e. The average molecular weight is 502 g/mol. The van der Waals surface area contributed by atoms with Crippen LogP contribution in [0.15, 0.2) is 53.4 Å². The molecule has 2 fully saturated rings. The van der Waals surface area contributed by atoms with E-state index in [0.29, 0.717) is 24.5 Å². The van der Waals surface area contributed by atoms with Crippen LogP contribution in [-0.2, 0) is 24.3 Å². The number of nitrogens with zero attached hydrogens (tertiary/aromatic N) is 3. The van der Waals surface area contributed by atoms with Crippen molar-refractivity contribution in [2.24, 2.45) is 0 Å². The molecule has 10 nitrogen and oxygen atoms in total. The van der Waals surface area contributed by atoms with E-state index in [9.17, 15) is 22.8 Å². The summed E-state index contributed by atoms with van der Waals surface area (Å²) < 4.78 is 37.6. The van der Waals surface area contributed by atoms with Crippen LogP contribution in [0, 0.1) is 0 Å². The number of hydrogen-bond donors (Lipinski definition) is 0. The first kappa shape index (κ1) is 24.8. The molecule has 4 rings (SSSR count). The lowest BCUT2D eigenvalue weighted by atomic mass is 10.2. The monoisotopic (exact) mass is 501 g/mol. The fraction of sp³-hybridized carbons (Fsp3) is 0.375. The lowest BCUT2D eigenvalue weighted by molar-refractivity contribution is -0.123. The first-order valence-electron chi connectivity index (χ1n) is 11.3. The van der Waals surface area contributed by atoms with Crippen LogP contribution in [0.3, 0.4) is 0 Å². The van der Waals surface area contributed by atoms with Gasteiger partial charge in [-0.25, -0.2) is 18.1 Å². The molecule has 1 atom stereocenters. The molecule has 0 saturated carbocycles. The van der Waals surface area contributed by atoms with E-state index in [2.05, 4.69) is 0 Å². The van der Waals surface area contributed by atoms with Crippen LogP contribution < -0.4 is 9.64 Å². The predicted molar refractivity (Wildman–Crippen MR) is 127 cm³/mol. The molecule has 0 radical (unpaired) electrons. The number of carbonyl (C=O) groups excluding carboxylic acids is 3. The van der Waals surface area contributed by atoms with Gasteiger partial charge in [0.1, 0.15) is 5.75 Å². The minimum atomic E-state index is -3.77. The number of ether oxygens (including phenoxy) is 2. The van der Waals surface area contributed by atoms with Gasteiger partial charge in [-0.05, 0) is 55.5 Å². The van der Waals surface area contributed by atoms with E-state index in [1.165, 1.54) is 40.6 Å². The molecule has 2 heterocycles. The van der Waals surface area contributed by atoms with Crippen molar-refractivity contribution in [2.75, 3.05) is 44.8 Å². The van der Waals surface area contributed by atoms with Crippen molar-refractivity contribution in [3.63, 3.8) is 0 Å². The molecule has 2 aliphatic heterocycles. The Morgan fingerprint density at radius 1 is 0.971 bits per heavy atom. The number of piperazine rings is 1. The summed E-state index contributed by atoms with van der Waals surface area (Å²) in [6, 6.07) is 11.7. The summed E-state index contributed by atoms with van der Waals surface area (Å²) in [5, 5.41) is 0. The Morgan fingerprint density at radius 3 is 2.17 bits per heavy atom. The van der Waals surface area contributed by atoms with Gasteiger partial charge >= 0.3 is 5.97 Å². The molecule has 2 amide bonds. The first-order valence-corrected chi connectivity index (χ1v) is 12.7. The predicted octanol–water partition coefficient (Wildman–Crippen LogP) is 1.51. The normalized spacial score (nSPS) is 19.7. The average Bonchev–Trinajstić information content (AvgIpc) is 3.18. The number of rotatable bonds is 7. The van der Waals surface area contributed by atoms with Crippen LogP contribution in [0.1, 0.15) is 23.7 Å². The van der Waals surface area contributed by atoms with Crippen molar-refractivity contribution in [2.45, 2.75) is 24.3 Å². The summed E-state index contributed by atoms with van der Waals surface area (Å²) in [6.45, 7) is 2.93. The number of hydrogen-bond acceptors (Lipinski definition) is 8. The molecule has 0 bridgehead atoms. The van der Waals surface area contributed by atoms with Gasteiger partial charge < -0.3 is 9.47 Å². The zero-order valence-corrected chi connectivity index (χ0v) is 20.4. The smallest absolute Gasteiger partial charge is 0.338 e. The highest BCUT2D eigenvalue weighted by molar-refractivity contribution is 7.89. The molecule has 2 aromatic rings. The number of benzene rings is 2. The highest BCUT2D eigenvalue weighted by Gasteiger charge is 2.44. The summed E-state index contributed by atoms with van der Waals surface area (Å²) in [4.78, 5) is 40.6. The summed E-state index contributed by atoms with van der Waals surface area (Å²) in [5.74, 6) is -0.491. The maximum Gasteiger partial charge on any atom is 0.338 e. The zero-order valence-electron chi connectivity index (χ0n) is 19.5. The van der Waals surface area contributed by atoms with E-state index in [-0.39, 0.29) is 48.4 Å². The Labute approximate surface area is 204 Å². The third-order valence-electron chi connectivity index (χ3n) is 6.17. The van der Waals surface area contributed by atoms with E-state index in [1.54, 1.807) is 31.2 Å². The SMILES string of the molecule is CCOC(=O)c1ccc(S(=O)(=O)N2CCN([C@H]3CC(=O)N(c4ccc(OC)cc4)C3=O)CC2)cc1. The number of imide groups is 1. The van der Waals surface area contributed by atoms with E-state index in [4.69, 9.17) is 9.47 Å². The first-order chi connectivity index (χ1) is 16.8. The Kier molecular flexibility index (Phi) is 7.20. The molecule has 186 valence electrons. The second kappa shape index (κ2) is 10.1. The Hall–Kier alpha value is -3.28. The molecule has 0 N–H and O–H groups in total. The standard InChI is InChI=1S/C24H27N3O7S/c1-3-34-24(30)17-4-10-20(11-5-17)35(31,32)26-14-12-25(13-15-26)21-16-22(28)27(23(21)29)18-6-8-19(33-2)9-7-18/h4-11,21H,3,12-16H2,1-2H3/t21-/m0/s1. The zero-order chi connectivity index (χ0) is 25.2. The number of sulfonamides is 1. The van der Waals surface area contributed by atoms with E-state index >= 15 is 0 Å². The molecule has 2 aromatic carbocycles. The van der Waals surface area contributed by atoms with Gasteiger partial charge in [-0.15, -0.1) is 0 Å². The van der Waals surface area contributed by atoms with Gasteiger partial charge in [0, 0.05) is 26.2 Å². The van der Waals surface area contributed by atoms with Crippen molar-refractivity contribution in [1.29, 1.82) is 0 Å². The van der Waals surface area contributed by atoms with Gasteiger partial charge in [0.15, 0.2) is 0 Å². The molecule has 0 spiro atoms. The van der Waals surface area contributed by atoms with Gasteiger partial charge in [0.05, 0.1) is 42.3 Å². The number of anilines is 1. The maximum absolute atomic E-state index is 13.1. The van der Waals surface area contributed by atoms with Gasteiger partial charge in [-0.2, -0.15) is 4.31 Å².